The first kappa shape index (κ1) is 23.9. The summed E-state index contributed by atoms with van der Waals surface area (Å²) in [6, 6.07) is -0.315. The summed E-state index contributed by atoms with van der Waals surface area (Å²) in [7, 11) is 0. The van der Waals surface area contributed by atoms with Gasteiger partial charge in [0, 0.05) is 30.2 Å². The van der Waals surface area contributed by atoms with Gasteiger partial charge in [0.1, 0.15) is 6.10 Å². The Balaban J connectivity index is 1.33. The minimum atomic E-state index is -4.50. The molecule has 1 amide bonds. The number of hydrogen-bond acceptors (Lipinski definition) is 8. The molecular formula is C22H30F3N7O3. The van der Waals surface area contributed by atoms with Crippen LogP contribution in [0.5, 0.6) is 6.01 Å². The van der Waals surface area contributed by atoms with E-state index in [9.17, 15) is 18.0 Å². The number of fused-ring (bicyclic) bond motifs is 3. The molecule has 0 radical (unpaired) electrons. The van der Waals surface area contributed by atoms with Gasteiger partial charge >= 0.3 is 18.3 Å². The molecule has 0 spiro atoms. The highest BCUT2D eigenvalue weighted by Crippen LogP contribution is 2.37. The van der Waals surface area contributed by atoms with Gasteiger partial charge in [0.25, 0.3) is 0 Å². The molecule has 3 aliphatic rings. The van der Waals surface area contributed by atoms with E-state index in [1.54, 1.807) is 6.20 Å². The maximum atomic E-state index is 12.8. The number of halogens is 3. The molecular weight excluding hydrogens is 467 g/mol. The second-order valence-electron chi connectivity index (χ2n) is 9.83. The Morgan fingerprint density at radius 1 is 1.23 bits per heavy atom. The maximum absolute atomic E-state index is 12.8. The third-order valence-corrected chi connectivity index (χ3v) is 6.92. The van der Waals surface area contributed by atoms with Gasteiger partial charge in [0.05, 0.1) is 6.20 Å². The standard InChI is InChI=1S/C22H30F3N7O3/c1-12(2)17-10-27-32-18(17)29-20(34-11-22(23,24)25)30-19(32)28-13-7-14-3-4-15(8-13)31(14)21(33)35-16-5-6-26-9-16/h10,12-16,26H,3-9,11H2,1-2H3,(H,28,29,30). The third-order valence-electron chi connectivity index (χ3n) is 6.92. The van der Waals surface area contributed by atoms with Crippen molar-refractivity contribution in [1.82, 2.24) is 29.8 Å². The molecule has 3 aliphatic heterocycles. The fourth-order valence-electron chi connectivity index (χ4n) is 5.29. The van der Waals surface area contributed by atoms with Crippen LogP contribution in [0.2, 0.25) is 0 Å². The molecule has 192 valence electrons. The average molecular weight is 498 g/mol. The summed E-state index contributed by atoms with van der Waals surface area (Å²) >= 11 is 0. The highest BCUT2D eigenvalue weighted by atomic mass is 19.4. The summed E-state index contributed by atoms with van der Waals surface area (Å²) < 4.78 is 50.3. The van der Waals surface area contributed by atoms with Crippen molar-refractivity contribution in [2.75, 3.05) is 25.0 Å². The molecule has 2 aromatic rings. The third kappa shape index (κ3) is 5.09. The number of ether oxygens (including phenoxy) is 2. The fraction of sp³-hybridized carbons (Fsp3) is 0.727. The van der Waals surface area contributed by atoms with Gasteiger partial charge in [-0.2, -0.15) is 32.8 Å². The van der Waals surface area contributed by atoms with Crippen molar-refractivity contribution < 1.29 is 27.4 Å². The summed E-state index contributed by atoms with van der Waals surface area (Å²) in [5.74, 6) is 0.336. The number of nitrogens with zero attached hydrogens (tertiary/aromatic N) is 5. The minimum Gasteiger partial charge on any atom is -0.454 e. The summed E-state index contributed by atoms with van der Waals surface area (Å²) in [6.45, 7) is 3.97. The summed E-state index contributed by atoms with van der Waals surface area (Å²) in [5.41, 5.74) is 1.19. The fourth-order valence-corrected chi connectivity index (χ4v) is 5.29. The van der Waals surface area contributed by atoms with Crippen LogP contribution in [0.3, 0.4) is 0 Å². The number of aromatic nitrogens is 4. The largest absolute Gasteiger partial charge is 0.454 e. The van der Waals surface area contributed by atoms with Crippen molar-refractivity contribution in [3.8, 4) is 6.01 Å². The number of hydrogen-bond donors (Lipinski definition) is 2. The monoisotopic (exact) mass is 497 g/mol. The number of rotatable bonds is 6. The van der Waals surface area contributed by atoms with Crippen LogP contribution in [0.1, 0.15) is 57.4 Å². The van der Waals surface area contributed by atoms with Crippen LogP contribution >= 0.6 is 0 Å². The molecule has 0 aliphatic carbocycles. The molecule has 3 fully saturated rings. The quantitative estimate of drug-likeness (QED) is 0.627. The molecule has 13 heteroatoms. The molecule has 2 bridgehead atoms. The molecule has 2 aromatic heterocycles. The lowest BCUT2D eigenvalue weighted by Gasteiger charge is -2.38. The van der Waals surface area contributed by atoms with E-state index in [1.807, 2.05) is 18.7 Å². The van der Waals surface area contributed by atoms with Crippen molar-refractivity contribution in [2.24, 2.45) is 0 Å². The van der Waals surface area contributed by atoms with E-state index in [0.717, 1.165) is 31.4 Å². The Morgan fingerprint density at radius 3 is 2.60 bits per heavy atom. The van der Waals surface area contributed by atoms with Crippen LogP contribution in [0.15, 0.2) is 6.20 Å². The molecule has 5 rings (SSSR count). The first-order valence-electron chi connectivity index (χ1n) is 12.1. The second-order valence-corrected chi connectivity index (χ2v) is 9.83. The number of carbonyl (C=O) groups excluding carboxylic acids is 1. The summed E-state index contributed by atoms with van der Waals surface area (Å²) in [4.78, 5) is 23.1. The van der Waals surface area contributed by atoms with Crippen molar-refractivity contribution >= 4 is 17.7 Å². The zero-order valence-corrected chi connectivity index (χ0v) is 19.7. The Hall–Kier alpha value is -2.83. The van der Waals surface area contributed by atoms with Gasteiger partial charge in [0.2, 0.25) is 5.95 Å². The SMILES string of the molecule is CC(C)c1cnn2c(NC3CC4CCC(C3)N4C(=O)OC3CCNC3)nc(OCC(F)(F)F)nc12. The Kier molecular flexibility index (Phi) is 6.36. The first-order chi connectivity index (χ1) is 16.7. The number of alkyl halides is 3. The van der Waals surface area contributed by atoms with Crippen LogP contribution in [0.25, 0.3) is 5.65 Å². The van der Waals surface area contributed by atoms with Crippen LogP contribution in [0.4, 0.5) is 23.9 Å². The predicted molar refractivity (Wildman–Crippen MR) is 119 cm³/mol. The molecule has 3 unspecified atom stereocenters. The van der Waals surface area contributed by atoms with Crippen molar-refractivity contribution in [3.63, 3.8) is 0 Å². The minimum absolute atomic E-state index is 0.0371. The lowest BCUT2D eigenvalue weighted by molar-refractivity contribution is -0.154. The Morgan fingerprint density at radius 2 is 1.97 bits per heavy atom. The van der Waals surface area contributed by atoms with Crippen molar-refractivity contribution in [1.29, 1.82) is 0 Å². The lowest BCUT2D eigenvalue weighted by Crippen LogP contribution is -2.50. The normalized spacial score (nSPS) is 26.5. The van der Waals surface area contributed by atoms with E-state index in [2.05, 4.69) is 25.7 Å². The smallest absolute Gasteiger partial charge is 0.422 e. The average Bonchev–Trinajstić information content (AvgIpc) is 3.50. The first-order valence-corrected chi connectivity index (χ1v) is 12.1. The van der Waals surface area contributed by atoms with Gasteiger partial charge in [-0.3, -0.25) is 0 Å². The van der Waals surface area contributed by atoms with Gasteiger partial charge in [-0.15, -0.1) is 0 Å². The predicted octanol–water partition coefficient (Wildman–Crippen LogP) is 3.09. The van der Waals surface area contributed by atoms with E-state index >= 15 is 0 Å². The van der Waals surface area contributed by atoms with Crippen molar-refractivity contribution in [2.45, 2.75) is 82.3 Å². The van der Waals surface area contributed by atoms with Gasteiger partial charge in [-0.05, 0) is 44.6 Å². The second kappa shape index (κ2) is 9.32. The maximum Gasteiger partial charge on any atom is 0.422 e. The highest BCUT2D eigenvalue weighted by Gasteiger charge is 2.45. The van der Waals surface area contributed by atoms with Gasteiger partial charge in [0.15, 0.2) is 12.3 Å². The van der Waals surface area contributed by atoms with Crippen LogP contribution in [0, 0.1) is 0 Å². The van der Waals surface area contributed by atoms with Crippen LogP contribution in [-0.2, 0) is 4.74 Å². The molecule has 35 heavy (non-hydrogen) atoms. The zero-order valence-electron chi connectivity index (χ0n) is 19.7. The van der Waals surface area contributed by atoms with E-state index in [-0.39, 0.29) is 48.2 Å². The summed E-state index contributed by atoms with van der Waals surface area (Å²) in [5, 5.41) is 10.9. The topological polar surface area (TPSA) is 106 Å². The highest BCUT2D eigenvalue weighted by molar-refractivity contribution is 5.69. The number of nitrogens with one attached hydrogen (secondary N) is 2. The molecule has 3 atom stereocenters. The van der Waals surface area contributed by atoms with E-state index in [4.69, 9.17) is 9.47 Å². The molecule has 3 saturated heterocycles. The van der Waals surface area contributed by atoms with Crippen LogP contribution in [-0.4, -0.2) is 80.7 Å². The van der Waals surface area contributed by atoms with Crippen LogP contribution < -0.4 is 15.4 Å². The molecule has 0 aromatic carbocycles. The van der Waals surface area contributed by atoms with E-state index in [1.165, 1.54) is 4.52 Å². The number of amides is 1. The molecule has 0 saturated carbocycles. The molecule has 5 heterocycles. The van der Waals surface area contributed by atoms with Gasteiger partial charge < -0.3 is 25.0 Å². The number of piperidine rings is 1. The molecule has 10 nitrogen and oxygen atoms in total. The zero-order chi connectivity index (χ0) is 24.7. The lowest BCUT2D eigenvalue weighted by atomic mass is 9.98. The molecule has 2 N–H and O–H groups in total. The number of anilines is 1. The number of carbonyl (C=O) groups is 1. The van der Waals surface area contributed by atoms with E-state index < -0.39 is 12.8 Å². The van der Waals surface area contributed by atoms with E-state index in [0.29, 0.717) is 25.0 Å². The van der Waals surface area contributed by atoms with Gasteiger partial charge in [-0.1, -0.05) is 13.8 Å². The van der Waals surface area contributed by atoms with Gasteiger partial charge in [-0.25, -0.2) is 4.79 Å². The Bertz CT molecular complexity index is 1060. The Labute approximate surface area is 200 Å². The van der Waals surface area contributed by atoms with Crippen molar-refractivity contribution in [3.05, 3.63) is 11.8 Å². The summed E-state index contributed by atoms with van der Waals surface area (Å²) in [6.07, 6.45) is 0.756.